The zero-order chi connectivity index (χ0) is 32.8. The number of hydrogen-bond acceptors (Lipinski definition) is 8. The normalized spacial score (nSPS) is 16.3. The van der Waals surface area contributed by atoms with E-state index in [-0.39, 0.29) is 18.8 Å². The third-order valence-corrected chi connectivity index (χ3v) is 7.54. The van der Waals surface area contributed by atoms with Gasteiger partial charge in [-0.3, -0.25) is 14.4 Å². The second kappa shape index (κ2) is 17.2. The Balaban J connectivity index is 1.84. The molecule has 1 aliphatic rings. The Labute approximate surface area is 262 Å². The van der Waals surface area contributed by atoms with Crippen molar-refractivity contribution in [3.8, 4) is 0 Å². The van der Waals surface area contributed by atoms with Crippen molar-refractivity contribution in [1.82, 2.24) is 25.9 Å². The Bertz CT molecular complexity index is 1300. The monoisotopic (exact) mass is 624 g/mol. The van der Waals surface area contributed by atoms with Crippen molar-refractivity contribution < 1.29 is 29.0 Å². The number of carbonyl (C=O) groups excluding carboxylic acids is 4. The summed E-state index contributed by atoms with van der Waals surface area (Å²) in [5, 5.41) is 22.4. The summed E-state index contributed by atoms with van der Waals surface area (Å²) in [6.45, 7) is 4.57. The summed E-state index contributed by atoms with van der Waals surface area (Å²) in [7, 11) is 0. The van der Waals surface area contributed by atoms with Crippen LogP contribution < -0.4 is 16.0 Å². The van der Waals surface area contributed by atoms with Gasteiger partial charge in [0.25, 0.3) is 0 Å². The van der Waals surface area contributed by atoms with Crippen LogP contribution in [0.5, 0.6) is 0 Å². The second-order valence-electron chi connectivity index (χ2n) is 12.4. The molecule has 1 aromatic heterocycles. The zero-order valence-corrected chi connectivity index (χ0v) is 26.1. The van der Waals surface area contributed by atoms with Crippen LogP contribution in [0.1, 0.15) is 70.6 Å². The number of H-pyrrole nitrogens is 1. The number of carbonyl (C=O) groups is 4. The number of aromatic nitrogens is 2. The van der Waals surface area contributed by atoms with Crippen molar-refractivity contribution in [1.29, 1.82) is 0 Å². The summed E-state index contributed by atoms with van der Waals surface area (Å²) in [4.78, 5) is 62.4. The van der Waals surface area contributed by atoms with Crippen LogP contribution in [0.15, 0.2) is 48.0 Å². The number of aliphatic hydroxyl groups is 1. The topological polar surface area (TPSA) is 211 Å². The average molecular weight is 625 g/mol. The molecule has 1 saturated carbocycles. The molecule has 1 aliphatic carbocycles. The Morgan fingerprint density at radius 1 is 1.04 bits per heavy atom. The van der Waals surface area contributed by atoms with Gasteiger partial charge in [0.15, 0.2) is 5.78 Å². The van der Waals surface area contributed by atoms with Crippen LogP contribution in [0.3, 0.4) is 0 Å². The number of amides is 3. The van der Waals surface area contributed by atoms with Gasteiger partial charge in [-0.1, -0.05) is 67.6 Å². The van der Waals surface area contributed by atoms with Gasteiger partial charge in [-0.25, -0.2) is 9.78 Å². The fourth-order valence-corrected chi connectivity index (χ4v) is 5.36. The fraction of sp³-hybridized carbons (Fsp3) is 0.581. The highest BCUT2D eigenvalue weighted by atomic mass is 16.6. The molecule has 3 amide bonds. The third kappa shape index (κ3) is 12.2. The average Bonchev–Trinajstić information content (AvgIpc) is 3.51. The molecule has 0 spiro atoms. The molecule has 1 fully saturated rings. The minimum atomic E-state index is -1.61. The van der Waals surface area contributed by atoms with E-state index in [1.54, 1.807) is 20.8 Å². The Hall–Kier alpha value is -4.42. The second-order valence-corrected chi connectivity index (χ2v) is 12.4. The van der Waals surface area contributed by atoms with Crippen LogP contribution in [0.25, 0.3) is 10.4 Å². The molecule has 5 N–H and O–H groups in total. The van der Waals surface area contributed by atoms with Crippen LogP contribution in [0, 0.1) is 5.92 Å². The molecule has 4 atom stereocenters. The molecular formula is C31H44N8O6. The fourth-order valence-electron chi connectivity index (χ4n) is 5.36. The summed E-state index contributed by atoms with van der Waals surface area (Å²) in [5.41, 5.74) is 9.17. The minimum Gasteiger partial charge on any atom is -0.444 e. The van der Waals surface area contributed by atoms with Crippen molar-refractivity contribution in [2.75, 3.05) is 6.54 Å². The number of hydrogen-bond donors (Lipinski definition) is 5. The molecule has 244 valence electrons. The van der Waals surface area contributed by atoms with E-state index in [2.05, 4.69) is 35.9 Å². The van der Waals surface area contributed by atoms with Crippen LogP contribution in [-0.4, -0.2) is 75.1 Å². The third-order valence-electron chi connectivity index (χ3n) is 7.54. The van der Waals surface area contributed by atoms with Gasteiger partial charge in [0.05, 0.1) is 18.9 Å². The Morgan fingerprint density at radius 2 is 1.71 bits per heavy atom. The van der Waals surface area contributed by atoms with Crippen LogP contribution >= 0.6 is 0 Å². The highest BCUT2D eigenvalue weighted by Gasteiger charge is 2.34. The number of rotatable bonds is 15. The summed E-state index contributed by atoms with van der Waals surface area (Å²) < 4.78 is 5.38. The van der Waals surface area contributed by atoms with E-state index in [4.69, 9.17) is 10.3 Å². The lowest BCUT2D eigenvalue weighted by atomic mass is 9.83. The molecule has 0 unspecified atom stereocenters. The van der Waals surface area contributed by atoms with Gasteiger partial charge in [0.1, 0.15) is 23.8 Å². The first-order valence-electron chi connectivity index (χ1n) is 15.3. The lowest BCUT2D eigenvalue weighted by Crippen LogP contribution is -2.58. The van der Waals surface area contributed by atoms with E-state index in [0.29, 0.717) is 12.1 Å². The minimum absolute atomic E-state index is 0.0149. The predicted octanol–water partition coefficient (Wildman–Crippen LogP) is 3.27. The molecule has 14 heteroatoms. The smallest absolute Gasteiger partial charge is 0.408 e. The molecule has 3 rings (SSSR count). The zero-order valence-electron chi connectivity index (χ0n) is 26.1. The number of Topliss-reactive ketones (excluding diaryl/α,β-unsaturated/α-hetero) is 1. The molecule has 45 heavy (non-hydrogen) atoms. The van der Waals surface area contributed by atoms with E-state index in [0.717, 1.165) is 37.7 Å². The number of nitrogens with zero attached hydrogens (tertiary/aromatic N) is 4. The Kier molecular flexibility index (Phi) is 13.4. The number of benzene rings is 1. The number of azide groups is 1. The van der Waals surface area contributed by atoms with Gasteiger partial charge in [0, 0.05) is 29.6 Å². The number of aromatic amines is 1. The maximum absolute atomic E-state index is 13.8. The maximum Gasteiger partial charge on any atom is 0.408 e. The van der Waals surface area contributed by atoms with Crippen molar-refractivity contribution >= 4 is 23.7 Å². The largest absolute Gasteiger partial charge is 0.444 e. The summed E-state index contributed by atoms with van der Waals surface area (Å²) in [6.07, 6.45) is 5.98. The molecule has 0 saturated heterocycles. The highest BCUT2D eigenvalue weighted by Crippen LogP contribution is 2.28. The summed E-state index contributed by atoms with van der Waals surface area (Å²) >= 11 is 0. The molecule has 0 aliphatic heterocycles. The van der Waals surface area contributed by atoms with Crippen LogP contribution in [0.2, 0.25) is 0 Å². The van der Waals surface area contributed by atoms with E-state index in [9.17, 15) is 24.3 Å². The molecule has 0 bridgehead atoms. The van der Waals surface area contributed by atoms with E-state index < -0.39 is 60.1 Å². The first-order valence-corrected chi connectivity index (χ1v) is 15.3. The molecule has 14 nitrogen and oxygen atoms in total. The maximum atomic E-state index is 13.8. The Morgan fingerprint density at radius 3 is 2.33 bits per heavy atom. The van der Waals surface area contributed by atoms with E-state index in [1.165, 1.54) is 12.5 Å². The highest BCUT2D eigenvalue weighted by molar-refractivity contribution is 5.92. The van der Waals surface area contributed by atoms with Crippen molar-refractivity contribution in [2.24, 2.45) is 11.0 Å². The van der Waals surface area contributed by atoms with Gasteiger partial charge in [-0.05, 0) is 44.2 Å². The number of nitrogens with one attached hydrogen (secondary N) is 4. The van der Waals surface area contributed by atoms with Gasteiger partial charge in [-0.2, -0.15) is 0 Å². The van der Waals surface area contributed by atoms with E-state index in [1.807, 2.05) is 30.3 Å². The van der Waals surface area contributed by atoms with Crippen molar-refractivity contribution in [3.05, 3.63) is 64.6 Å². The summed E-state index contributed by atoms with van der Waals surface area (Å²) in [6, 6.07) is 5.87. The lowest BCUT2D eigenvalue weighted by Gasteiger charge is -2.31. The van der Waals surface area contributed by atoms with Gasteiger partial charge >= 0.3 is 6.09 Å². The van der Waals surface area contributed by atoms with Crippen molar-refractivity contribution in [2.45, 2.75) is 102 Å². The standard InChI is InChI=1S/C31H44N8O6/c1-31(2,3)45-30(44)38-24(15-21-12-8-5-9-13-21)28(42)37-25(16-22-17-33-19-34-22)29(43)36-23(14-20-10-6-4-7-11-20)27(41)26(40)18-35-39-32/h5,8-9,12-13,17,19-20,23-25,27,41H,4,6-7,10-11,14-16,18H2,1-3H3,(H,33,34)(H,36,43)(H,37,42)(H,38,44)/t23-,24+,25+,27+/m1/s1. The number of ketones is 1. The quantitative estimate of drug-likeness (QED) is 0.113. The van der Waals surface area contributed by atoms with Crippen molar-refractivity contribution in [3.63, 3.8) is 0 Å². The van der Waals surface area contributed by atoms with Gasteiger partial charge < -0.3 is 30.8 Å². The molecular weight excluding hydrogens is 580 g/mol. The van der Waals surface area contributed by atoms with Crippen LogP contribution in [0.4, 0.5) is 4.79 Å². The summed E-state index contributed by atoms with van der Waals surface area (Å²) in [5.74, 6) is -1.80. The first-order chi connectivity index (χ1) is 21.4. The molecule has 2 aromatic rings. The lowest BCUT2D eigenvalue weighted by molar-refractivity contribution is -0.133. The number of aliphatic hydroxyl groups excluding tert-OH is 1. The number of alkyl carbamates (subject to hydrolysis) is 1. The first kappa shape index (κ1) is 35.1. The molecule has 1 aromatic carbocycles. The van der Waals surface area contributed by atoms with Crippen LogP contribution in [-0.2, 0) is 32.0 Å². The number of imidazole rings is 1. The molecule has 1 heterocycles. The van der Waals surface area contributed by atoms with Gasteiger partial charge in [-0.15, -0.1) is 0 Å². The number of ether oxygens (including phenoxy) is 1. The predicted molar refractivity (Wildman–Crippen MR) is 166 cm³/mol. The van der Waals surface area contributed by atoms with Gasteiger partial charge in [0.2, 0.25) is 11.8 Å². The van der Waals surface area contributed by atoms with E-state index >= 15 is 0 Å². The SMILES string of the molecule is CC(C)(C)OC(=O)N[C@@H](Cc1ccccc1)C(=O)N[C@@H](Cc1cnc[nH]1)C(=O)N[C@H](CC1CCCCC1)[C@H](O)C(=O)CN=[N+]=[N-]. The molecule has 0 radical (unpaired) electrons.